The molecule has 0 aliphatic rings. The van der Waals surface area contributed by atoms with E-state index in [0.717, 1.165) is 12.1 Å². The Hall–Kier alpha value is -1.98. The summed E-state index contributed by atoms with van der Waals surface area (Å²) in [5.41, 5.74) is 0.131. The number of aliphatic carboxylic acids is 1. The number of halogens is 3. The van der Waals surface area contributed by atoms with Crippen LogP contribution < -0.4 is 0 Å². The van der Waals surface area contributed by atoms with Gasteiger partial charge in [0, 0.05) is 16.6 Å². The van der Waals surface area contributed by atoms with Crippen molar-refractivity contribution >= 4 is 16.9 Å². The summed E-state index contributed by atoms with van der Waals surface area (Å²) in [6.07, 6.45) is -4.40. The van der Waals surface area contributed by atoms with Gasteiger partial charge in [-0.3, -0.25) is 4.79 Å². The average Bonchev–Trinajstić information content (AvgIpc) is 2.68. The first kappa shape index (κ1) is 12.5. The van der Waals surface area contributed by atoms with E-state index in [1.807, 2.05) is 0 Å². The predicted molar refractivity (Wildman–Crippen MR) is 59.4 cm³/mol. The van der Waals surface area contributed by atoms with Gasteiger partial charge in [-0.1, -0.05) is 0 Å². The molecule has 1 atom stereocenters. The minimum Gasteiger partial charge on any atom is -0.481 e. The first-order valence-electron chi connectivity index (χ1n) is 5.21. The van der Waals surface area contributed by atoms with Crippen LogP contribution in [0.3, 0.4) is 0 Å². The quantitative estimate of drug-likeness (QED) is 0.866. The second-order valence-corrected chi connectivity index (χ2v) is 4.08. The second kappa shape index (κ2) is 4.04. The summed E-state index contributed by atoms with van der Waals surface area (Å²) in [5.74, 6) is -1.82. The third-order valence-electron chi connectivity index (χ3n) is 2.81. The minimum atomic E-state index is -4.40. The summed E-state index contributed by atoms with van der Waals surface area (Å²) in [6, 6.07) is 4.71. The van der Waals surface area contributed by atoms with Crippen molar-refractivity contribution < 1.29 is 23.1 Å². The number of H-pyrrole nitrogens is 1. The standard InChI is InChI=1S/C12H10F3NO2/c1-6(11(17)18)10-5-7-4-8(12(13,14)15)2-3-9(7)16-10/h2-6,16H,1H3,(H,17,18). The molecule has 0 bridgehead atoms. The lowest BCUT2D eigenvalue weighted by atomic mass is 10.1. The molecular weight excluding hydrogens is 247 g/mol. The molecule has 6 heteroatoms. The van der Waals surface area contributed by atoms with Crippen LogP contribution in [0.4, 0.5) is 13.2 Å². The van der Waals surface area contributed by atoms with Crippen molar-refractivity contribution in [3.8, 4) is 0 Å². The molecule has 1 aromatic heterocycles. The number of alkyl halides is 3. The summed E-state index contributed by atoms with van der Waals surface area (Å²) in [5, 5.41) is 9.20. The van der Waals surface area contributed by atoms with Gasteiger partial charge in [-0.2, -0.15) is 13.2 Å². The number of hydrogen-bond acceptors (Lipinski definition) is 1. The Morgan fingerprint density at radius 2 is 2.00 bits per heavy atom. The van der Waals surface area contributed by atoms with Crippen LogP contribution in [0.1, 0.15) is 24.1 Å². The maximum Gasteiger partial charge on any atom is 0.416 e. The van der Waals surface area contributed by atoms with E-state index in [4.69, 9.17) is 5.11 Å². The number of fused-ring (bicyclic) bond motifs is 1. The van der Waals surface area contributed by atoms with Gasteiger partial charge >= 0.3 is 12.1 Å². The first-order valence-corrected chi connectivity index (χ1v) is 5.21. The van der Waals surface area contributed by atoms with Crippen molar-refractivity contribution in [3.63, 3.8) is 0 Å². The predicted octanol–water partition coefficient (Wildman–Crippen LogP) is 3.37. The monoisotopic (exact) mass is 257 g/mol. The molecule has 0 spiro atoms. The van der Waals surface area contributed by atoms with Gasteiger partial charge in [-0.25, -0.2) is 0 Å². The Labute approximate surface area is 100 Å². The van der Waals surface area contributed by atoms with Crippen LogP contribution in [-0.4, -0.2) is 16.1 Å². The summed E-state index contributed by atoms with van der Waals surface area (Å²) < 4.78 is 37.5. The molecule has 18 heavy (non-hydrogen) atoms. The smallest absolute Gasteiger partial charge is 0.416 e. The molecule has 0 saturated carbocycles. The zero-order valence-electron chi connectivity index (χ0n) is 9.38. The third kappa shape index (κ3) is 2.18. The van der Waals surface area contributed by atoms with Crippen molar-refractivity contribution in [1.82, 2.24) is 4.98 Å². The number of rotatable bonds is 2. The number of hydrogen-bond donors (Lipinski definition) is 2. The molecule has 96 valence electrons. The normalized spacial score (nSPS) is 13.8. The van der Waals surface area contributed by atoms with E-state index < -0.39 is 23.6 Å². The molecule has 1 aromatic carbocycles. The van der Waals surface area contributed by atoms with Gasteiger partial charge in [0.2, 0.25) is 0 Å². The largest absolute Gasteiger partial charge is 0.481 e. The van der Waals surface area contributed by atoms with E-state index >= 15 is 0 Å². The van der Waals surface area contributed by atoms with Crippen LogP contribution in [0, 0.1) is 0 Å². The van der Waals surface area contributed by atoms with Gasteiger partial charge in [0.05, 0.1) is 11.5 Å². The Morgan fingerprint density at radius 1 is 1.33 bits per heavy atom. The van der Waals surface area contributed by atoms with E-state index in [1.54, 1.807) is 0 Å². The fourth-order valence-corrected chi connectivity index (χ4v) is 1.70. The highest BCUT2D eigenvalue weighted by atomic mass is 19.4. The Bertz CT molecular complexity index is 601. The lowest BCUT2D eigenvalue weighted by molar-refractivity contribution is -0.139. The number of benzene rings is 1. The van der Waals surface area contributed by atoms with Crippen molar-refractivity contribution in [3.05, 3.63) is 35.5 Å². The van der Waals surface area contributed by atoms with Crippen LogP contribution in [0.25, 0.3) is 10.9 Å². The van der Waals surface area contributed by atoms with Gasteiger partial charge < -0.3 is 10.1 Å². The van der Waals surface area contributed by atoms with Crippen LogP contribution >= 0.6 is 0 Å². The number of carboxylic acids is 1. The Balaban J connectivity index is 2.49. The molecular formula is C12H10F3NO2. The fourth-order valence-electron chi connectivity index (χ4n) is 1.70. The lowest BCUT2D eigenvalue weighted by Gasteiger charge is -2.05. The van der Waals surface area contributed by atoms with Crippen molar-refractivity contribution in [2.75, 3.05) is 0 Å². The second-order valence-electron chi connectivity index (χ2n) is 4.08. The highest BCUT2D eigenvalue weighted by Gasteiger charge is 2.30. The zero-order valence-corrected chi connectivity index (χ0v) is 9.38. The molecule has 2 aromatic rings. The van der Waals surface area contributed by atoms with Crippen LogP contribution in [0.2, 0.25) is 0 Å². The maximum absolute atomic E-state index is 12.5. The lowest BCUT2D eigenvalue weighted by Crippen LogP contribution is -2.07. The zero-order chi connectivity index (χ0) is 13.5. The molecule has 1 unspecified atom stereocenters. The molecule has 0 fully saturated rings. The SMILES string of the molecule is CC(C(=O)O)c1cc2cc(C(F)(F)F)ccc2[nH]1. The van der Waals surface area contributed by atoms with Crippen molar-refractivity contribution in [2.24, 2.45) is 0 Å². The van der Waals surface area contributed by atoms with Gasteiger partial charge in [-0.15, -0.1) is 0 Å². The molecule has 0 aliphatic heterocycles. The van der Waals surface area contributed by atoms with E-state index in [1.165, 1.54) is 19.1 Å². The van der Waals surface area contributed by atoms with Gasteiger partial charge in [-0.05, 0) is 31.2 Å². The maximum atomic E-state index is 12.5. The number of carboxylic acid groups (broad SMARTS) is 1. The number of aromatic nitrogens is 1. The van der Waals surface area contributed by atoms with Crippen molar-refractivity contribution in [1.29, 1.82) is 0 Å². The molecule has 0 amide bonds. The third-order valence-corrected chi connectivity index (χ3v) is 2.81. The topological polar surface area (TPSA) is 53.1 Å². The van der Waals surface area contributed by atoms with Crippen LogP contribution in [0.5, 0.6) is 0 Å². The van der Waals surface area contributed by atoms with Crippen molar-refractivity contribution in [2.45, 2.75) is 19.0 Å². The summed E-state index contributed by atoms with van der Waals surface area (Å²) in [4.78, 5) is 13.6. The summed E-state index contributed by atoms with van der Waals surface area (Å²) in [6.45, 7) is 1.47. The van der Waals surface area contributed by atoms with Crippen LogP contribution in [-0.2, 0) is 11.0 Å². The van der Waals surface area contributed by atoms with E-state index in [9.17, 15) is 18.0 Å². The number of aromatic amines is 1. The van der Waals surface area contributed by atoms with Gasteiger partial charge in [0.1, 0.15) is 0 Å². The van der Waals surface area contributed by atoms with E-state index in [-0.39, 0.29) is 0 Å². The molecule has 2 rings (SSSR count). The van der Waals surface area contributed by atoms with Crippen LogP contribution in [0.15, 0.2) is 24.3 Å². The molecule has 1 heterocycles. The Kier molecular flexibility index (Phi) is 2.80. The van der Waals surface area contributed by atoms with E-state index in [2.05, 4.69) is 4.98 Å². The molecule has 0 aliphatic carbocycles. The average molecular weight is 257 g/mol. The molecule has 0 saturated heterocycles. The molecule has 0 radical (unpaired) electrons. The highest BCUT2D eigenvalue weighted by Crippen LogP contribution is 2.32. The Morgan fingerprint density at radius 3 is 2.56 bits per heavy atom. The first-order chi connectivity index (χ1) is 8.29. The highest BCUT2D eigenvalue weighted by molar-refractivity contribution is 5.84. The van der Waals surface area contributed by atoms with Gasteiger partial charge in [0.25, 0.3) is 0 Å². The molecule has 2 N–H and O–H groups in total. The summed E-state index contributed by atoms with van der Waals surface area (Å²) >= 11 is 0. The number of nitrogens with one attached hydrogen (secondary N) is 1. The fraction of sp³-hybridized carbons (Fsp3) is 0.250. The molecule has 3 nitrogen and oxygen atoms in total. The van der Waals surface area contributed by atoms with Gasteiger partial charge in [0.15, 0.2) is 0 Å². The summed E-state index contributed by atoms with van der Waals surface area (Å²) in [7, 11) is 0. The van der Waals surface area contributed by atoms with E-state index in [0.29, 0.717) is 16.6 Å². The number of carbonyl (C=O) groups is 1. The minimum absolute atomic E-state index is 0.355.